The number of anilines is 1. The molecule has 3 aromatic rings. The van der Waals surface area contributed by atoms with Crippen molar-refractivity contribution in [3.63, 3.8) is 0 Å². The van der Waals surface area contributed by atoms with Gasteiger partial charge in [0, 0.05) is 12.0 Å². The molecular weight excluding hydrogens is 732 g/mol. The summed E-state index contributed by atoms with van der Waals surface area (Å²) in [5.74, 6) is -2.72. The molecule has 3 aliphatic heterocycles. The van der Waals surface area contributed by atoms with Crippen molar-refractivity contribution in [3.05, 3.63) is 48.0 Å². The minimum absolute atomic E-state index is 0.00777. The number of carbonyl (C=O) groups excluding carboxylic acids is 4. The number of esters is 1. The maximum Gasteiger partial charge on any atom is 0.425 e. The van der Waals surface area contributed by atoms with Crippen LogP contribution in [0.4, 0.5) is 15.4 Å². The van der Waals surface area contributed by atoms with Crippen LogP contribution in [0.2, 0.25) is 0 Å². The highest BCUT2D eigenvalue weighted by Gasteiger charge is 2.56. The van der Waals surface area contributed by atoms with Crippen LogP contribution in [0.5, 0.6) is 0 Å². The lowest BCUT2D eigenvalue weighted by atomic mass is 10.0. The number of nitrogens with one attached hydrogen (secondary N) is 1. The average molecular weight is 775 g/mol. The molecule has 5 heterocycles. The van der Waals surface area contributed by atoms with E-state index in [-0.39, 0.29) is 29.8 Å². The Morgan fingerprint density at radius 2 is 1.61 bits per heavy atom. The Hall–Kier alpha value is -4.76. The van der Waals surface area contributed by atoms with E-state index in [1.54, 1.807) is 79.7 Å². The summed E-state index contributed by atoms with van der Waals surface area (Å²) in [4.78, 5) is 65.0. The van der Waals surface area contributed by atoms with Crippen molar-refractivity contribution in [1.29, 1.82) is 0 Å². The van der Waals surface area contributed by atoms with Crippen LogP contribution >= 0.6 is 0 Å². The summed E-state index contributed by atoms with van der Waals surface area (Å²) in [5, 5.41) is 0. The third kappa shape index (κ3) is 8.46. The highest BCUT2D eigenvalue weighted by Crippen LogP contribution is 2.44. The molecule has 20 heteroatoms. The van der Waals surface area contributed by atoms with Crippen molar-refractivity contribution in [2.75, 3.05) is 11.5 Å². The summed E-state index contributed by atoms with van der Waals surface area (Å²) in [5.41, 5.74) is -0.813. The molecule has 1 unspecified atom stereocenters. The molecule has 0 spiro atoms. The minimum Gasteiger partial charge on any atom is -0.454 e. The first-order valence-corrected chi connectivity index (χ1v) is 18.5. The highest BCUT2D eigenvalue weighted by molar-refractivity contribution is 7.85. The van der Waals surface area contributed by atoms with Gasteiger partial charge in [0.05, 0.1) is 18.5 Å². The molecule has 5 atom stereocenters. The molecular formula is C34H42N6O13S. The van der Waals surface area contributed by atoms with Gasteiger partial charge < -0.3 is 28.4 Å². The van der Waals surface area contributed by atoms with Crippen LogP contribution in [-0.4, -0.2) is 93.9 Å². The molecule has 6 rings (SSSR count). The van der Waals surface area contributed by atoms with E-state index in [4.69, 9.17) is 32.6 Å². The number of fused-ring (bicyclic) bond motifs is 3. The van der Waals surface area contributed by atoms with E-state index in [0.717, 1.165) is 6.33 Å². The molecule has 2 fully saturated rings. The Morgan fingerprint density at radius 3 is 2.28 bits per heavy atom. The van der Waals surface area contributed by atoms with Crippen LogP contribution < -0.4 is 9.62 Å². The Balaban J connectivity index is 1.18. The number of hydrogen-bond donors (Lipinski definition) is 1. The van der Waals surface area contributed by atoms with Gasteiger partial charge in [-0.1, -0.05) is 18.2 Å². The summed E-state index contributed by atoms with van der Waals surface area (Å²) in [6, 6.07) is 6.75. The van der Waals surface area contributed by atoms with Crippen LogP contribution in [0, 0.1) is 0 Å². The molecule has 19 nitrogen and oxygen atoms in total. The number of aromatic nitrogens is 4. The maximum absolute atomic E-state index is 13.4. The standard InChI is InChI=1S/C34H42N6O13S/c1-32(2,3)52-30(43)40(31(44)53-33(4,5)6)27-23-26(35-16-36-27)39(17-37-23)28-25-24(50-34(7,8)51-25)21(48-28)15-47-54(45,46)38-22(41)14-13-20-18-11-9-10-12-19(18)29(42)49-20/h9-12,16-17,20-21,24-25,28H,13-15H2,1-8H3,(H,38,41)/t20?,21-,24-,25-,28-/m1/s1. The zero-order chi connectivity index (χ0) is 39.4. The van der Waals surface area contributed by atoms with Crippen LogP contribution in [0.1, 0.15) is 96.5 Å². The van der Waals surface area contributed by atoms with Crippen molar-refractivity contribution in [2.24, 2.45) is 0 Å². The predicted octanol–water partition coefficient (Wildman–Crippen LogP) is 3.99. The Morgan fingerprint density at radius 1 is 0.963 bits per heavy atom. The largest absolute Gasteiger partial charge is 0.454 e. The summed E-state index contributed by atoms with van der Waals surface area (Å²) >= 11 is 0. The fourth-order valence-corrected chi connectivity index (χ4v) is 6.90. The molecule has 0 bridgehead atoms. The molecule has 1 N–H and O–H groups in total. The third-order valence-corrected chi connectivity index (χ3v) is 9.06. The van der Waals surface area contributed by atoms with E-state index in [9.17, 15) is 27.6 Å². The third-order valence-electron chi connectivity index (χ3n) is 8.14. The topological polar surface area (TPSA) is 226 Å². The van der Waals surface area contributed by atoms with E-state index in [2.05, 4.69) is 15.0 Å². The molecule has 0 saturated carbocycles. The number of ether oxygens (including phenoxy) is 6. The lowest BCUT2D eigenvalue weighted by Crippen LogP contribution is -2.44. The van der Waals surface area contributed by atoms with E-state index in [0.29, 0.717) is 16.0 Å². The number of imidazole rings is 1. The lowest BCUT2D eigenvalue weighted by molar-refractivity contribution is -0.198. The zero-order valence-corrected chi connectivity index (χ0v) is 31.7. The van der Waals surface area contributed by atoms with Crippen LogP contribution in [0.25, 0.3) is 11.2 Å². The molecule has 1 aromatic carbocycles. The number of cyclic esters (lactones) is 1. The normalized spacial score (nSPS) is 23.4. The summed E-state index contributed by atoms with van der Waals surface area (Å²) < 4.78 is 69.0. The number of nitrogens with zero attached hydrogens (tertiary/aromatic N) is 5. The van der Waals surface area contributed by atoms with Crippen molar-refractivity contribution in [1.82, 2.24) is 24.2 Å². The Kier molecular flexibility index (Phi) is 10.2. The number of imide groups is 1. The van der Waals surface area contributed by atoms with Gasteiger partial charge in [-0.15, -0.1) is 0 Å². The second-order valence-electron chi connectivity index (χ2n) is 15.2. The summed E-state index contributed by atoms with van der Waals surface area (Å²) in [7, 11) is -4.62. The number of rotatable bonds is 9. The second-order valence-corrected chi connectivity index (χ2v) is 16.6. The van der Waals surface area contributed by atoms with Gasteiger partial charge in [0.2, 0.25) is 5.91 Å². The minimum atomic E-state index is -4.62. The summed E-state index contributed by atoms with van der Waals surface area (Å²) in [6.07, 6.45) is -4.34. The smallest absolute Gasteiger partial charge is 0.425 e. The van der Waals surface area contributed by atoms with Gasteiger partial charge in [0.15, 0.2) is 29.0 Å². The molecule has 2 saturated heterocycles. The van der Waals surface area contributed by atoms with Gasteiger partial charge in [-0.2, -0.15) is 13.3 Å². The van der Waals surface area contributed by atoms with Crippen molar-refractivity contribution in [3.8, 4) is 0 Å². The van der Waals surface area contributed by atoms with Gasteiger partial charge in [-0.25, -0.2) is 34.1 Å². The van der Waals surface area contributed by atoms with E-state index < -0.39 is 88.6 Å². The van der Waals surface area contributed by atoms with Gasteiger partial charge in [-0.3, -0.25) is 13.5 Å². The predicted molar refractivity (Wildman–Crippen MR) is 185 cm³/mol. The monoisotopic (exact) mass is 774 g/mol. The molecule has 0 radical (unpaired) electrons. The maximum atomic E-state index is 13.4. The molecule has 292 valence electrons. The molecule has 54 heavy (non-hydrogen) atoms. The van der Waals surface area contributed by atoms with Gasteiger partial charge in [0.1, 0.15) is 41.9 Å². The molecule has 2 aromatic heterocycles. The number of carbonyl (C=O) groups is 4. The first kappa shape index (κ1) is 38.9. The lowest BCUT2D eigenvalue weighted by Gasteiger charge is -2.28. The quantitative estimate of drug-likeness (QED) is 0.240. The van der Waals surface area contributed by atoms with Crippen LogP contribution in [-0.2, 0) is 47.7 Å². The SMILES string of the molecule is CC(C)(C)OC(=O)N(C(=O)OC(C)(C)C)c1ncnc2c1ncn2[C@@H]1O[C@H](COS(=O)(=O)NC(=O)CCC2OC(=O)c3ccccc32)[C@H]2OC(C)(C)O[C@H]21. The first-order chi connectivity index (χ1) is 25.1. The average Bonchev–Trinajstić information content (AvgIpc) is 3.78. The first-order valence-electron chi connectivity index (χ1n) is 17.1. The fraction of sp³-hybridized carbons (Fsp3) is 0.559. The molecule has 0 aliphatic carbocycles. The number of benzene rings is 1. The van der Waals surface area contributed by atoms with Crippen molar-refractivity contribution in [2.45, 2.75) is 116 Å². The van der Waals surface area contributed by atoms with E-state index in [1.165, 1.54) is 10.9 Å². The molecule has 3 amide bonds. The second kappa shape index (κ2) is 14.1. The number of amides is 3. The van der Waals surface area contributed by atoms with Gasteiger partial charge >= 0.3 is 28.5 Å². The van der Waals surface area contributed by atoms with Gasteiger partial charge in [-0.05, 0) is 67.9 Å². The van der Waals surface area contributed by atoms with Crippen LogP contribution in [0.15, 0.2) is 36.9 Å². The molecule has 3 aliphatic rings. The van der Waals surface area contributed by atoms with E-state index >= 15 is 0 Å². The van der Waals surface area contributed by atoms with Gasteiger partial charge in [0.25, 0.3) is 0 Å². The van der Waals surface area contributed by atoms with Crippen molar-refractivity contribution < 1.29 is 60.2 Å². The van der Waals surface area contributed by atoms with Crippen LogP contribution in [0.3, 0.4) is 0 Å². The zero-order valence-electron chi connectivity index (χ0n) is 30.9. The Bertz CT molecular complexity index is 2040. The summed E-state index contributed by atoms with van der Waals surface area (Å²) in [6.45, 7) is 12.6. The fourth-order valence-electron chi connectivity index (χ4n) is 6.14. The van der Waals surface area contributed by atoms with E-state index in [1.807, 2.05) is 4.72 Å². The Labute approximate surface area is 310 Å². The highest BCUT2D eigenvalue weighted by atomic mass is 32.2. The number of hydrogen-bond acceptors (Lipinski definition) is 16. The van der Waals surface area contributed by atoms with Crippen molar-refractivity contribution >= 4 is 51.3 Å².